The zero-order valence-corrected chi connectivity index (χ0v) is 25.6. The third-order valence-electron chi connectivity index (χ3n) is 6.87. The van der Waals surface area contributed by atoms with E-state index in [1.54, 1.807) is 18.6 Å². The standard InChI is InChI=1S/C30H33N7O.CH4O3S/c1-21-6-11-26(17-27(21)34-30-32-18-22(2)28(35-30)25-5-4-12-31-19-25)33-29(38)24-9-7-23(8-10-24)20-37-15-13-36(3)14-16-37;1-5(2,3)4/h4-12,17-19H,13-16,20H2,1-3H3,(H,33,38)(H,32,34,35);1H3,(H,2,3,4). The number of amides is 1. The van der Waals surface area contributed by atoms with Crippen molar-refractivity contribution >= 4 is 33.3 Å². The minimum absolute atomic E-state index is 0.142. The number of hydrogen-bond donors (Lipinski definition) is 3. The molecule has 12 heteroatoms. The fraction of sp³-hybridized carbons (Fsp3) is 0.290. The maximum Gasteiger partial charge on any atom is 0.261 e. The van der Waals surface area contributed by atoms with Gasteiger partial charge in [-0.15, -0.1) is 0 Å². The van der Waals surface area contributed by atoms with Crippen molar-refractivity contribution < 1.29 is 17.8 Å². The Balaban J connectivity index is 0.000000782. The van der Waals surface area contributed by atoms with Crippen LogP contribution in [0.4, 0.5) is 17.3 Å². The highest BCUT2D eigenvalue weighted by Crippen LogP contribution is 2.26. The summed E-state index contributed by atoms with van der Waals surface area (Å²) in [4.78, 5) is 31.1. The number of nitrogens with zero attached hydrogens (tertiary/aromatic N) is 5. The van der Waals surface area contributed by atoms with Crippen LogP contribution in [0.15, 0.2) is 73.2 Å². The van der Waals surface area contributed by atoms with E-state index in [4.69, 9.17) is 9.54 Å². The van der Waals surface area contributed by atoms with E-state index in [0.717, 1.165) is 60.8 Å². The van der Waals surface area contributed by atoms with Crippen LogP contribution in [0, 0.1) is 13.8 Å². The van der Waals surface area contributed by atoms with Gasteiger partial charge in [-0.2, -0.15) is 8.42 Å². The predicted octanol–water partition coefficient (Wildman–Crippen LogP) is 4.40. The molecule has 0 atom stereocenters. The Kier molecular flexibility index (Phi) is 10.5. The largest absolute Gasteiger partial charge is 0.324 e. The minimum atomic E-state index is -3.67. The van der Waals surface area contributed by atoms with Crippen LogP contribution < -0.4 is 10.6 Å². The van der Waals surface area contributed by atoms with E-state index >= 15 is 0 Å². The fourth-order valence-corrected chi connectivity index (χ4v) is 4.48. The van der Waals surface area contributed by atoms with Crippen molar-refractivity contribution in [3.63, 3.8) is 0 Å². The molecule has 3 N–H and O–H groups in total. The summed E-state index contributed by atoms with van der Waals surface area (Å²) in [6.45, 7) is 9.22. The van der Waals surface area contributed by atoms with Gasteiger partial charge in [-0.3, -0.25) is 19.2 Å². The first kappa shape index (κ1) is 31.7. The monoisotopic (exact) mass is 603 g/mol. The number of carbonyl (C=O) groups excluding carboxylic acids is 1. The van der Waals surface area contributed by atoms with Crippen molar-refractivity contribution in [3.05, 3.63) is 95.4 Å². The Morgan fingerprint density at radius 2 is 1.67 bits per heavy atom. The molecule has 0 aliphatic carbocycles. The molecule has 0 unspecified atom stereocenters. The molecular weight excluding hydrogens is 566 g/mol. The number of aryl methyl sites for hydroxylation is 2. The number of piperazine rings is 1. The number of benzene rings is 2. The van der Waals surface area contributed by atoms with Gasteiger partial charge in [0.25, 0.3) is 16.0 Å². The molecule has 3 heterocycles. The number of hydrogen-bond acceptors (Lipinski definition) is 9. The van der Waals surface area contributed by atoms with Crippen LogP contribution in [-0.2, 0) is 16.7 Å². The number of rotatable bonds is 7. The van der Waals surface area contributed by atoms with Crippen LogP contribution in [0.5, 0.6) is 0 Å². The molecule has 43 heavy (non-hydrogen) atoms. The summed E-state index contributed by atoms with van der Waals surface area (Å²) in [5.41, 5.74) is 7.12. The minimum Gasteiger partial charge on any atom is -0.324 e. The lowest BCUT2D eigenvalue weighted by atomic mass is 10.1. The number of pyridine rings is 1. The van der Waals surface area contributed by atoms with Gasteiger partial charge in [0, 0.05) is 73.8 Å². The van der Waals surface area contributed by atoms with Crippen molar-refractivity contribution in [1.82, 2.24) is 24.8 Å². The molecule has 1 amide bonds. The highest BCUT2D eigenvalue weighted by Gasteiger charge is 2.15. The van der Waals surface area contributed by atoms with Crippen LogP contribution in [0.1, 0.15) is 27.0 Å². The Labute approximate surface area is 252 Å². The molecule has 11 nitrogen and oxygen atoms in total. The highest BCUT2D eigenvalue weighted by molar-refractivity contribution is 7.85. The van der Waals surface area contributed by atoms with Crippen LogP contribution in [0.3, 0.4) is 0 Å². The zero-order valence-electron chi connectivity index (χ0n) is 24.8. The molecule has 1 fully saturated rings. The topological polar surface area (TPSA) is 141 Å². The predicted molar refractivity (Wildman–Crippen MR) is 169 cm³/mol. The molecule has 0 saturated carbocycles. The molecule has 0 radical (unpaired) electrons. The van der Waals surface area contributed by atoms with Gasteiger partial charge >= 0.3 is 0 Å². The maximum absolute atomic E-state index is 13.0. The smallest absolute Gasteiger partial charge is 0.261 e. The lowest BCUT2D eigenvalue weighted by Crippen LogP contribution is -2.43. The van der Waals surface area contributed by atoms with E-state index in [1.165, 1.54) is 5.56 Å². The Morgan fingerprint density at radius 3 is 2.33 bits per heavy atom. The fourth-order valence-electron chi connectivity index (χ4n) is 4.48. The highest BCUT2D eigenvalue weighted by atomic mass is 32.2. The summed E-state index contributed by atoms with van der Waals surface area (Å²) >= 11 is 0. The van der Waals surface area contributed by atoms with Crippen LogP contribution in [0.2, 0.25) is 0 Å². The van der Waals surface area contributed by atoms with Crippen LogP contribution in [0.25, 0.3) is 11.3 Å². The third-order valence-corrected chi connectivity index (χ3v) is 6.87. The average molecular weight is 604 g/mol. The van der Waals surface area contributed by atoms with Gasteiger partial charge in [-0.05, 0) is 74.0 Å². The van der Waals surface area contributed by atoms with Gasteiger partial charge in [-0.25, -0.2) is 9.97 Å². The van der Waals surface area contributed by atoms with Crippen LogP contribution >= 0.6 is 0 Å². The Bertz CT molecular complexity index is 1630. The normalized spacial score (nSPS) is 14.0. The molecule has 5 rings (SSSR count). The molecule has 2 aromatic heterocycles. The number of anilines is 3. The van der Waals surface area contributed by atoms with Gasteiger partial charge in [0.05, 0.1) is 11.9 Å². The van der Waals surface area contributed by atoms with Gasteiger partial charge in [-0.1, -0.05) is 18.2 Å². The summed E-state index contributed by atoms with van der Waals surface area (Å²) in [7, 11) is -1.51. The lowest BCUT2D eigenvalue weighted by Gasteiger charge is -2.32. The SMILES string of the molecule is CS(=O)(=O)O.Cc1ccc(NC(=O)c2ccc(CN3CCN(C)CC3)cc2)cc1Nc1ncc(C)c(-c2cccnc2)n1. The van der Waals surface area contributed by atoms with Crippen molar-refractivity contribution in [2.75, 3.05) is 50.1 Å². The van der Waals surface area contributed by atoms with Gasteiger partial charge in [0.1, 0.15) is 0 Å². The Morgan fingerprint density at radius 1 is 0.977 bits per heavy atom. The number of carbonyl (C=O) groups is 1. The molecule has 0 bridgehead atoms. The summed E-state index contributed by atoms with van der Waals surface area (Å²) in [5, 5.41) is 6.33. The van der Waals surface area contributed by atoms with Gasteiger partial charge in [0.15, 0.2) is 0 Å². The van der Waals surface area contributed by atoms with Crippen LogP contribution in [-0.4, -0.2) is 83.1 Å². The number of aromatic nitrogens is 3. The van der Waals surface area contributed by atoms with E-state index in [-0.39, 0.29) is 5.91 Å². The molecular formula is C31H37N7O4S. The van der Waals surface area contributed by atoms with E-state index in [2.05, 4.69) is 37.4 Å². The summed E-state index contributed by atoms with van der Waals surface area (Å²) in [6.07, 6.45) is 6.05. The number of nitrogens with one attached hydrogen (secondary N) is 2. The number of likely N-dealkylation sites (N-methyl/N-ethyl adjacent to an activating group) is 1. The third kappa shape index (κ3) is 9.93. The first-order valence-electron chi connectivity index (χ1n) is 13.8. The molecule has 2 aromatic carbocycles. The molecule has 1 aliphatic rings. The molecule has 1 aliphatic heterocycles. The second kappa shape index (κ2) is 14.3. The first-order valence-corrected chi connectivity index (χ1v) is 15.6. The maximum atomic E-state index is 13.0. The van der Waals surface area contributed by atoms with E-state index in [0.29, 0.717) is 23.5 Å². The van der Waals surface area contributed by atoms with Crippen molar-refractivity contribution in [1.29, 1.82) is 0 Å². The zero-order chi connectivity index (χ0) is 31.0. The Hall–Kier alpha value is -4.23. The second-order valence-corrected chi connectivity index (χ2v) is 12.1. The lowest BCUT2D eigenvalue weighted by molar-refractivity contribution is 0.102. The van der Waals surface area contributed by atoms with Gasteiger partial charge < -0.3 is 15.5 Å². The van der Waals surface area contributed by atoms with E-state index < -0.39 is 10.1 Å². The molecule has 4 aromatic rings. The quantitative estimate of drug-likeness (QED) is 0.260. The average Bonchev–Trinajstić information content (AvgIpc) is 2.97. The molecule has 1 saturated heterocycles. The van der Waals surface area contributed by atoms with Crippen molar-refractivity contribution in [3.8, 4) is 11.3 Å². The summed E-state index contributed by atoms with van der Waals surface area (Å²) < 4.78 is 25.9. The molecule has 226 valence electrons. The van der Waals surface area contributed by atoms with E-state index in [9.17, 15) is 13.2 Å². The first-order chi connectivity index (χ1) is 20.4. The van der Waals surface area contributed by atoms with E-state index in [1.807, 2.05) is 68.4 Å². The summed E-state index contributed by atoms with van der Waals surface area (Å²) in [5.74, 6) is 0.341. The molecule has 0 spiro atoms. The second-order valence-electron chi connectivity index (χ2n) is 10.6. The van der Waals surface area contributed by atoms with Gasteiger partial charge in [0.2, 0.25) is 5.95 Å². The van der Waals surface area contributed by atoms with Crippen molar-refractivity contribution in [2.45, 2.75) is 20.4 Å². The van der Waals surface area contributed by atoms with Crippen molar-refractivity contribution in [2.24, 2.45) is 0 Å². The summed E-state index contributed by atoms with van der Waals surface area (Å²) in [6, 6.07) is 17.5.